The number of hydrogen-bond acceptors (Lipinski definition) is 7. The van der Waals surface area contributed by atoms with Gasteiger partial charge in [0.2, 0.25) is 0 Å². The van der Waals surface area contributed by atoms with E-state index in [1.54, 1.807) is 4.90 Å². The van der Waals surface area contributed by atoms with Crippen molar-refractivity contribution >= 4 is 23.0 Å². The van der Waals surface area contributed by atoms with Crippen LogP contribution in [0.4, 0.5) is 36.2 Å². The van der Waals surface area contributed by atoms with Gasteiger partial charge in [0.15, 0.2) is 0 Å². The van der Waals surface area contributed by atoms with Crippen LogP contribution in [0.15, 0.2) is 36.5 Å². The minimum Gasteiger partial charge on any atom is -0.460 e. The third kappa shape index (κ3) is 5.46. The van der Waals surface area contributed by atoms with E-state index >= 15 is 0 Å². The highest BCUT2D eigenvalue weighted by Gasteiger charge is 2.36. The minimum atomic E-state index is -4.48. The molecular weight excluding hydrogens is 505 g/mol. The zero-order valence-electron chi connectivity index (χ0n) is 22.3. The summed E-state index contributed by atoms with van der Waals surface area (Å²) >= 11 is 0. The lowest BCUT2D eigenvalue weighted by Crippen LogP contribution is -2.29. The molecule has 4 heterocycles. The van der Waals surface area contributed by atoms with Crippen molar-refractivity contribution in [3.8, 4) is 6.01 Å². The van der Waals surface area contributed by atoms with Crippen molar-refractivity contribution in [2.45, 2.75) is 57.7 Å². The molecule has 1 unspecified atom stereocenters. The SMILES string of the molecule is CC(Oc1nc2c(c(Nc3ccc4c(c3)N(C)CCC4)n1)CCN(c1ncccc1C(F)(F)F)CC2)C1CC1. The monoisotopic (exact) mass is 538 g/mol. The number of fused-ring (bicyclic) bond motifs is 2. The van der Waals surface area contributed by atoms with E-state index < -0.39 is 11.7 Å². The number of aromatic nitrogens is 3. The molecule has 10 heteroatoms. The molecule has 39 heavy (non-hydrogen) atoms. The molecule has 1 fully saturated rings. The second kappa shape index (κ2) is 10.2. The molecule has 206 valence electrons. The standard InChI is InChI=1S/C29H33F3N6O/c1-18(19-7-8-19)39-28-35-24-12-16-38(27-23(29(30,31)32)6-3-13-33-27)15-11-22(24)26(36-28)34-21-10-9-20-5-4-14-37(2)25(20)17-21/h3,6,9-10,13,17-19H,4-5,7-8,11-12,14-16H2,1-2H3,(H,34,35,36). The molecule has 0 amide bonds. The maximum atomic E-state index is 13.7. The fourth-order valence-corrected chi connectivity index (χ4v) is 5.62. The van der Waals surface area contributed by atoms with Crippen LogP contribution in [0.5, 0.6) is 6.01 Å². The summed E-state index contributed by atoms with van der Waals surface area (Å²) in [6.07, 6.45) is 2.36. The van der Waals surface area contributed by atoms with Crippen molar-refractivity contribution in [1.29, 1.82) is 0 Å². The van der Waals surface area contributed by atoms with Crippen LogP contribution in [0.25, 0.3) is 0 Å². The van der Waals surface area contributed by atoms with Crippen molar-refractivity contribution in [2.24, 2.45) is 5.92 Å². The van der Waals surface area contributed by atoms with Gasteiger partial charge in [-0.3, -0.25) is 0 Å². The van der Waals surface area contributed by atoms with Crippen molar-refractivity contribution in [2.75, 3.05) is 41.8 Å². The molecular formula is C29H33F3N6O. The second-order valence-electron chi connectivity index (χ2n) is 10.8. The Labute approximate surface area is 226 Å². The van der Waals surface area contributed by atoms with Gasteiger partial charge in [0.1, 0.15) is 17.7 Å². The second-order valence-corrected chi connectivity index (χ2v) is 10.8. The van der Waals surface area contributed by atoms with Crippen LogP contribution in [0.2, 0.25) is 0 Å². The maximum absolute atomic E-state index is 13.7. The fraction of sp³-hybridized carbons (Fsp3) is 0.483. The summed E-state index contributed by atoms with van der Waals surface area (Å²) in [5, 5.41) is 3.51. The third-order valence-corrected chi connectivity index (χ3v) is 7.99. The molecule has 1 atom stereocenters. The fourth-order valence-electron chi connectivity index (χ4n) is 5.62. The molecule has 3 aliphatic rings. The lowest BCUT2D eigenvalue weighted by molar-refractivity contribution is -0.137. The highest BCUT2D eigenvalue weighted by molar-refractivity contribution is 5.69. The lowest BCUT2D eigenvalue weighted by atomic mass is 10.0. The van der Waals surface area contributed by atoms with Gasteiger partial charge >= 0.3 is 12.2 Å². The number of anilines is 4. The van der Waals surface area contributed by atoms with Gasteiger partial charge in [0.25, 0.3) is 0 Å². The number of pyridine rings is 1. The lowest BCUT2D eigenvalue weighted by Gasteiger charge is -2.28. The van der Waals surface area contributed by atoms with E-state index in [0.717, 1.165) is 55.2 Å². The van der Waals surface area contributed by atoms with E-state index in [0.29, 0.717) is 43.7 Å². The molecule has 1 aliphatic carbocycles. The predicted molar refractivity (Wildman–Crippen MR) is 145 cm³/mol. The number of nitrogens with zero attached hydrogens (tertiary/aromatic N) is 5. The first-order valence-corrected chi connectivity index (χ1v) is 13.7. The van der Waals surface area contributed by atoms with Crippen molar-refractivity contribution in [1.82, 2.24) is 15.0 Å². The molecule has 1 N–H and O–H groups in total. The van der Waals surface area contributed by atoms with E-state index in [1.165, 1.54) is 23.5 Å². The summed E-state index contributed by atoms with van der Waals surface area (Å²) in [5.41, 5.74) is 4.42. The zero-order valence-corrected chi connectivity index (χ0v) is 22.3. The van der Waals surface area contributed by atoms with E-state index in [1.807, 2.05) is 6.92 Å². The van der Waals surface area contributed by atoms with Gasteiger partial charge < -0.3 is 19.9 Å². The Morgan fingerprint density at radius 1 is 1.05 bits per heavy atom. The number of ether oxygens (including phenoxy) is 1. The Morgan fingerprint density at radius 2 is 1.87 bits per heavy atom. The Kier molecular flexibility index (Phi) is 6.72. The third-order valence-electron chi connectivity index (χ3n) is 7.99. The summed E-state index contributed by atoms with van der Waals surface area (Å²) in [4.78, 5) is 17.6. The summed E-state index contributed by atoms with van der Waals surface area (Å²) in [6.45, 7) is 3.79. The Balaban J connectivity index is 1.33. The van der Waals surface area contributed by atoms with Crippen LogP contribution in [-0.4, -0.2) is 47.7 Å². The van der Waals surface area contributed by atoms with Crippen molar-refractivity contribution < 1.29 is 17.9 Å². The molecule has 2 aliphatic heterocycles. The van der Waals surface area contributed by atoms with Gasteiger partial charge in [-0.25, -0.2) is 4.98 Å². The quantitative estimate of drug-likeness (QED) is 0.426. The van der Waals surface area contributed by atoms with E-state index in [2.05, 4.69) is 40.4 Å². The van der Waals surface area contributed by atoms with Gasteiger partial charge in [0.05, 0.1) is 11.3 Å². The van der Waals surface area contributed by atoms with Gasteiger partial charge in [-0.15, -0.1) is 0 Å². The Morgan fingerprint density at radius 3 is 2.67 bits per heavy atom. The summed E-state index contributed by atoms with van der Waals surface area (Å²) in [5.74, 6) is 1.12. The van der Waals surface area contributed by atoms with Crippen LogP contribution < -0.4 is 19.9 Å². The largest absolute Gasteiger partial charge is 0.460 e. The molecule has 1 saturated carbocycles. The highest BCUT2D eigenvalue weighted by atomic mass is 19.4. The highest BCUT2D eigenvalue weighted by Crippen LogP contribution is 2.38. The molecule has 2 aromatic heterocycles. The number of halogens is 3. The molecule has 0 saturated heterocycles. The van der Waals surface area contributed by atoms with Gasteiger partial charge in [-0.2, -0.15) is 23.1 Å². The van der Waals surface area contributed by atoms with Crippen LogP contribution in [0.3, 0.4) is 0 Å². The first-order chi connectivity index (χ1) is 18.8. The number of alkyl halides is 3. The Bertz CT molecular complexity index is 1360. The number of rotatable bonds is 6. The molecule has 1 aromatic carbocycles. The van der Waals surface area contributed by atoms with Crippen molar-refractivity contribution in [3.63, 3.8) is 0 Å². The Hall–Kier alpha value is -3.56. The van der Waals surface area contributed by atoms with E-state index in [-0.39, 0.29) is 11.9 Å². The molecule has 0 bridgehead atoms. The molecule has 7 nitrogen and oxygen atoms in total. The number of hydrogen-bond donors (Lipinski definition) is 1. The van der Waals surface area contributed by atoms with Gasteiger partial charge in [0, 0.05) is 56.2 Å². The first kappa shape index (κ1) is 25.7. The van der Waals surface area contributed by atoms with E-state index in [9.17, 15) is 13.2 Å². The van der Waals surface area contributed by atoms with Crippen LogP contribution in [-0.2, 0) is 25.4 Å². The van der Waals surface area contributed by atoms with Gasteiger partial charge in [-0.1, -0.05) is 6.07 Å². The predicted octanol–water partition coefficient (Wildman–Crippen LogP) is 5.80. The number of benzene rings is 1. The van der Waals surface area contributed by atoms with Crippen LogP contribution in [0.1, 0.15) is 48.6 Å². The average molecular weight is 539 g/mol. The average Bonchev–Trinajstić information content (AvgIpc) is 3.76. The summed E-state index contributed by atoms with van der Waals surface area (Å²) < 4.78 is 47.4. The smallest absolute Gasteiger partial charge is 0.419 e. The van der Waals surface area contributed by atoms with Crippen molar-refractivity contribution in [3.05, 3.63) is 58.9 Å². The molecule has 0 radical (unpaired) electrons. The molecule has 0 spiro atoms. The first-order valence-electron chi connectivity index (χ1n) is 13.7. The topological polar surface area (TPSA) is 66.4 Å². The summed E-state index contributed by atoms with van der Waals surface area (Å²) in [6, 6.07) is 9.09. The zero-order chi connectivity index (χ0) is 27.1. The summed E-state index contributed by atoms with van der Waals surface area (Å²) in [7, 11) is 2.10. The molecule has 6 rings (SSSR count). The number of nitrogens with one attached hydrogen (secondary N) is 1. The normalized spacial score (nSPS) is 18.2. The van der Waals surface area contributed by atoms with Gasteiger partial charge in [-0.05, 0) is 74.8 Å². The van der Waals surface area contributed by atoms with E-state index in [4.69, 9.17) is 14.7 Å². The van der Waals surface area contributed by atoms with Crippen LogP contribution in [0, 0.1) is 5.92 Å². The number of aryl methyl sites for hydroxylation is 1. The van der Waals surface area contributed by atoms with Crippen LogP contribution >= 0.6 is 0 Å². The maximum Gasteiger partial charge on any atom is 0.419 e. The molecule has 3 aromatic rings. The minimum absolute atomic E-state index is 0.0124.